The molecule has 4 rings (SSSR count). The molecule has 180 valence electrons. The molecule has 0 aliphatic carbocycles. The van der Waals surface area contributed by atoms with Gasteiger partial charge in [-0.05, 0) is 67.8 Å². The van der Waals surface area contributed by atoms with Crippen molar-refractivity contribution in [1.29, 1.82) is 0 Å². The minimum Gasteiger partial charge on any atom is -0.497 e. The number of hydrogen-bond acceptors (Lipinski definition) is 8. The molecule has 0 aliphatic heterocycles. The number of carbonyl (C=O) groups excluding carboxylic acids is 2. The number of esters is 1. The Morgan fingerprint density at radius 3 is 2.43 bits per heavy atom. The van der Waals surface area contributed by atoms with Gasteiger partial charge in [0.15, 0.2) is 0 Å². The predicted octanol–water partition coefficient (Wildman–Crippen LogP) is 3.26. The number of ether oxygens (including phenoxy) is 2. The number of aryl methyl sites for hydroxylation is 2. The maximum absolute atomic E-state index is 12.5. The first-order valence-corrected chi connectivity index (χ1v) is 11.0. The van der Waals surface area contributed by atoms with Crippen molar-refractivity contribution >= 4 is 29.3 Å². The zero-order valence-electron chi connectivity index (χ0n) is 19.7. The molecular formula is C25H26N6O4. The number of nitrogens with one attached hydrogen (secondary N) is 1. The number of benzene rings is 2. The first-order chi connectivity index (χ1) is 16.8. The average Bonchev–Trinajstić information content (AvgIpc) is 3.23. The number of hydrogen-bond donors (Lipinski definition) is 2. The van der Waals surface area contributed by atoms with E-state index in [0.29, 0.717) is 29.2 Å². The monoisotopic (exact) mass is 474 g/mol. The Bertz CT molecular complexity index is 1360. The number of aromatic nitrogens is 4. The average molecular weight is 475 g/mol. The van der Waals surface area contributed by atoms with Crippen molar-refractivity contribution in [2.75, 3.05) is 18.2 Å². The quantitative estimate of drug-likeness (QED) is 0.372. The number of nitrogens with two attached hydrogens (primary N) is 1. The number of nitrogens with zero attached hydrogens (tertiary/aromatic N) is 4. The number of methoxy groups -OCH3 is 1. The summed E-state index contributed by atoms with van der Waals surface area (Å²) in [7, 11) is 1.59. The van der Waals surface area contributed by atoms with Crippen molar-refractivity contribution in [3.8, 4) is 5.75 Å². The fourth-order valence-electron chi connectivity index (χ4n) is 3.68. The van der Waals surface area contributed by atoms with Crippen LogP contribution in [-0.4, -0.2) is 38.6 Å². The van der Waals surface area contributed by atoms with E-state index in [1.54, 1.807) is 60.2 Å². The van der Waals surface area contributed by atoms with Gasteiger partial charge in [0, 0.05) is 29.1 Å². The molecule has 0 saturated heterocycles. The van der Waals surface area contributed by atoms with Crippen LogP contribution in [0.4, 0.5) is 11.6 Å². The van der Waals surface area contributed by atoms with Gasteiger partial charge in [0.05, 0.1) is 7.11 Å². The molecule has 3 N–H and O–H groups in total. The molecule has 35 heavy (non-hydrogen) atoms. The van der Waals surface area contributed by atoms with Gasteiger partial charge in [-0.25, -0.2) is 4.98 Å². The Balaban J connectivity index is 1.29. The summed E-state index contributed by atoms with van der Waals surface area (Å²) in [6.07, 6.45) is 0.658. The van der Waals surface area contributed by atoms with Crippen LogP contribution >= 0.6 is 0 Å². The van der Waals surface area contributed by atoms with Crippen LogP contribution in [0, 0.1) is 13.8 Å². The fourth-order valence-corrected chi connectivity index (χ4v) is 3.68. The van der Waals surface area contributed by atoms with Crippen LogP contribution in [0.1, 0.15) is 39.3 Å². The van der Waals surface area contributed by atoms with Crippen LogP contribution in [0.3, 0.4) is 0 Å². The number of nitrogen functional groups attached to an aromatic ring is 1. The minimum absolute atomic E-state index is 0.119. The molecule has 0 aliphatic rings. The molecule has 1 amide bonds. The summed E-state index contributed by atoms with van der Waals surface area (Å²) in [4.78, 5) is 33.3. The van der Waals surface area contributed by atoms with Gasteiger partial charge < -0.3 is 20.5 Å². The highest BCUT2D eigenvalue weighted by atomic mass is 16.5. The van der Waals surface area contributed by atoms with E-state index in [0.717, 1.165) is 22.5 Å². The Labute approximate surface area is 202 Å². The summed E-state index contributed by atoms with van der Waals surface area (Å²) in [6, 6.07) is 14.0. The lowest BCUT2D eigenvalue weighted by Crippen LogP contribution is -2.12. The first-order valence-electron chi connectivity index (χ1n) is 11.0. The van der Waals surface area contributed by atoms with Gasteiger partial charge in [0.1, 0.15) is 12.4 Å². The van der Waals surface area contributed by atoms with E-state index in [1.807, 2.05) is 13.8 Å². The van der Waals surface area contributed by atoms with Gasteiger partial charge in [-0.3, -0.25) is 9.59 Å². The third-order valence-electron chi connectivity index (χ3n) is 5.61. The second kappa shape index (κ2) is 10.2. The third kappa shape index (κ3) is 5.55. The lowest BCUT2D eigenvalue weighted by Gasteiger charge is -2.10. The maximum atomic E-state index is 12.5. The molecule has 2 aromatic carbocycles. The van der Waals surface area contributed by atoms with E-state index < -0.39 is 0 Å². The smallest absolute Gasteiger partial charge is 0.306 e. The zero-order chi connectivity index (χ0) is 24.9. The SMILES string of the molecule is COc1ccc(NC(=O)c2ccc(COC(=O)CCc3c(C)nc4nc(N)nn4c3C)cc2)cc1. The largest absolute Gasteiger partial charge is 0.497 e. The minimum atomic E-state index is -0.330. The van der Waals surface area contributed by atoms with Gasteiger partial charge in [-0.15, -0.1) is 5.10 Å². The van der Waals surface area contributed by atoms with E-state index in [1.165, 1.54) is 0 Å². The zero-order valence-corrected chi connectivity index (χ0v) is 19.7. The summed E-state index contributed by atoms with van der Waals surface area (Å²) in [5.74, 6) is 0.739. The van der Waals surface area contributed by atoms with Crippen molar-refractivity contribution in [3.05, 3.63) is 76.6 Å². The van der Waals surface area contributed by atoms with E-state index in [2.05, 4.69) is 20.4 Å². The van der Waals surface area contributed by atoms with Crippen LogP contribution in [-0.2, 0) is 22.6 Å². The summed E-state index contributed by atoms with van der Waals surface area (Å²) in [6.45, 7) is 3.88. The second-order valence-corrected chi connectivity index (χ2v) is 7.98. The Morgan fingerprint density at radius 1 is 1.03 bits per heavy atom. The van der Waals surface area contributed by atoms with E-state index in [4.69, 9.17) is 15.2 Å². The van der Waals surface area contributed by atoms with Gasteiger partial charge in [0.25, 0.3) is 11.7 Å². The van der Waals surface area contributed by atoms with Crippen LogP contribution in [0.5, 0.6) is 5.75 Å². The molecule has 0 bridgehead atoms. The van der Waals surface area contributed by atoms with Crippen molar-refractivity contribution in [3.63, 3.8) is 0 Å². The molecule has 4 aromatic rings. The van der Waals surface area contributed by atoms with Gasteiger partial charge in [0.2, 0.25) is 5.95 Å². The van der Waals surface area contributed by atoms with Crippen molar-refractivity contribution in [2.45, 2.75) is 33.3 Å². The van der Waals surface area contributed by atoms with Gasteiger partial charge in [-0.2, -0.15) is 9.50 Å². The Hall–Kier alpha value is -4.47. The lowest BCUT2D eigenvalue weighted by atomic mass is 10.1. The van der Waals surface area contributed by atoms with E-state index in [9.17, 15) is 9.59 Å². The van der Waals surface area contributed by atoms with Crippen LogP contribution in [0.25, 0.3) is 5.78 Å². The standard InChI is InChI=1S/C25H26N6O4/c1-15-21(16(2)31-25(27-15)29-24(26)30-31)12-13-22(32)35-14-17-4-6-18(7-5-17)23(33)28-19-8-10-20(34-3)11-9-19/h4-11H,12-14H2,1-3H3,(H2,26,30)(H,28,33). The van der Waals surface area contributed by atoms with Crippen LogP contribution in [0.15, 0.2) is 48.5 Å². The number of fused-ring (bicyclic) bond motifs is 1. The van der Waals surface area contributed by atoms with Gasteiger partial charge in [-0.1, -0.05) is 12.1 Å². The molecule has 0 fully saturated rings. The highest BCUT2D eigenvalue weighted by Crippen LogP contribution is 2.18. The molecular weight excluding hydrogens is 448 g/mol. The fraction of sp³-hybridized carbons (Fsp3) is 0.240. The highest BCUT2D eigenvalue weighted by molar-refractivity contribution is 6.04. The van der Waals surface area contributed by atoms with Crippen molar-refractivity contribution in [1.82, 2.24) is 19.6 Å². The molecule has 0 unspecified atom stereocenters. The topological polar surface area (TPSA) is 134 Å². The van der Waals surface area contributed by atoms with E-state index >= 15 is 0 Å². The molecule has 0 atom stereocenters. The Morgan fingerprint density at radius 2 is 1.74 bits per heavy atom. The summed E-state index contributed by atoms with van der Waals surface area (Å²) >= 11 is 0. The van der Waals surface area contributed by atoms with Crippen LogP contribution in [0.2, 0.25) is 0 Å². The third-order valence-corrected chi connectivity index (χ3v) is 5.61. The number of anilines is 2. The first kappa shape index (κ1) is 23.7. The summed E-state index contributed by atoms with van der Waals surface area (Å²) in [5.41, 5.74) is 10.1. The van der Waals surface area contributed by atoms with Gasteiger partial charge >= 0.3 is 5.97 Å². The number of amides is 1. The maximum Gasteiger partial charge on any atom is 0.306 e. The predicted molar refractivity (Wildman–Crippen MR) is 130 cm³/mol. The Kier molecular flexibility index (Phi) is 6.91. The second-order valence-electron chi connectivity index (χ2n) is 7.98. The normalized spacial score (nSPS) is 10.8. The molecule has 0 spiro atoms. The molecule has 0 saturated carbocycles. The van der Waals surface area contributed by atoms with E-state index in [-0.39, 0.29) is 30.9 Å². The van der Waals surface area contributed by atoms with Crippen LogP contribution < -0.4 is 15.8 Å². The van der Waals surface area contributed by atoms with Crippen molar-refractivity contribution in [2.24, 2.45) is 0 Å². The molecule has 0 radical (unpaired) electrons. The molecule has 10 nitrogen and oxygen atoms in total. The highest BCUT2D eigenvalue weighted by Gasteiger charge is 2.14. The number of rotatable bonds is 8. The molecule has 10 heteroatoms. The van der Waals surface area contributed by atoms with Crippen molar-refractivity contribution < 1.29 is 19.1 Å². The summed E-state index contributed by atoms with van der Waals surface area (Å²) in [5, 5.41) is 6.97. The summed E-state index contributed by atoms with van der Waals surface area (Å²) < 4.78 is 12.1. The molecule has 2 aromatic heterocycles. The number of carbonyl (C=O) groups is 2. The lowest BCUT2D eigenvalue weighted by molar-refractivity contribution is -0.144. The molecule has 2 heterocycles.